The maximum absolute atomic E-state index is 12.2. The fourth-order valence-corrected chi connectivity index (χ4v) is 2.68. The molecule has 1 heterocycles. The standard InChI is InChI=1S/C13H14ClN3O2S/c1-9(2)10-3-5-11(6-4-10)20(18,19)17-13-15-8-7-12(14)16-13/h3-9H,1-2H3,(H,15,16,17). The third-order valence-electron chi connectivity index (χ3n) is 2.70. The Kier molecular flexibility index (Phi) is 4.25. The molecule has 1 N–H and O–H groups in total. The maximum Gasteiger partial charge on any atom is 0.264 e. The summed E-state index contributed by atoms with van der Waals surface area (Å²) in [7, 11) is -3.71. The number of anilines is 1. The summed E-state index contributed by atoms with van der Waals surface area (Å²) in [4.78, 5) is 7.76. The Morgan fingerprint density at radius 2 is 1.80 bits per heavy atom. The monoisotopic (exact) mass is 311 g/mol. The van der Waals surface area contributed by atoms with Crippen LogP contribution in [-0.4, -0.2) is 18.4 Å². The second kappa shape index (κ2) is 5.76. The zero-order valence-electron chi connectivity index (χ0n) is 11.0. The normalized spacial score (nSPS) is 11.6. The Bertz CT molecular complexity index is 700. The topological polar surface area (TPSA) is 72.0 Å². The van der Waals surface area contributed by atoms with Crippen molar-refractivity contribution in [2.24, 2.45) is 0 Å². The van der Waals surface area contributed by atoms with Crippen LogP contribution in [0.15, 0.2) is 41.4 Å². The van der Waals surface area contributed by atoms with Crippen molar-refractivity contribution >= 4 is 27.6 Å². The molecule has 0 spiro atoms. The number of rotatable bonds is 4. The first-order valence-corrected chi connectivity index (χ1v) is 7.86. The molecule has 0 bridgehead atoms. The minimum Gasteiger partial charge on any atom is -0.247 e. The maximum atomic E-state index is 12.2. The van der Waals surface area contributed by atoms with E-state index in [0.29, 0.717) is 5.92 Å². The molecule has 2 rings (SSSR count). The molecule has 0 aliphatic carbocycles. The third-order valence-corrected chi connectivity index (χ3v) is 4.26. The van der Waals surface area contributed by atoms with E-state index in [1.807, 2.05) is 13.8 Å². The Hall–Kier alpha value is -1.66. The van der Waals surface area contributed by atoms with Gasteiger partial charge in [0.15, 0.2) is 0 Å². The minimum atomic E-state index is -3.71. The lowest BCUT2D eigenvalue weighted by Crippen LogP contribution is -2.15. The van der Waals surface area contributed by atoms with E-state index in [-0.39, 0.29) is 16.0 Å². The van der Waals surface area contributed by atoms with Crippen molar-refractivity contribution in [2.45, 2.75) is 24.7 Å². The van der Waals surface area contributed by atoms with E-state index in [0.717, 1.165) is 5.56 Å². The van der Waals surface area contributed by atoms with Crippen LogP contribution in [0.1, 0.15) is 25.3 Å². The molecule has 0 aliphatic heterocycles. The fraction of sp³-hybridized carbons (Fsp3) is 0.231. The molecule has 0 radical (unpaired) electrons. The first kappa shape index (κ1) is 14.7. The van der Waals surface area contributed by atoms with Crippen molar-refractivity contribution in [1.29, 1.82) is 0 Å². The smallest absolute Gasteiger partial charge is 0.247 e. The van der Waals surface area contributed by atoms with Gasteiger partial charge in [0.25, 0.3) is 10.0 Å². The lowest BCUT2D eigenvalue weighted by Gasteiger charge is -2.09. The summed E-state index contributed by atoms with van der Waals surface area (Å²) in [6.07, 6.45) is 1.38. The summed E-state index contributed by atoms with van der Waals surface area (Å²) in [6.45, 7) is 4.09. The molecular weight excluding hydrogens is 298 g/mol. The lowest BCUT2D eigenvalue weighted by atomic mass is 10.0. The minimum absolute atomic E-state index is 0.0505. The number of nitrogens with one attached hydrogen (secondary N) is 1. The zero-order chi connectivity index (χ0) is 14.8. The molecule has 2 aromatic rings. The van der Waals surface area contributed by atoms with Gasteiger partial charge in [0.2, 0.25) is 5.95 Å². The summed E-state index contributed by atoms with van der Waals surface area (Å²) in [5, 5.41) is 0.174. The molecule has 0 unspecified atom stereocenters. The highest BCUT2D eigenvalue weighted by Gasteiger charge is 2.15. The van der Waals surface area contributed by atoms with Gasteiger partial charge >= 0.3 is 0 Å². The summed E-state index contributed by atoms with van der Waals surface area (Å²) in [5.41, 5.74) is 1.07. The molecule has 106 valence electrons. The van der Waals surface area contributed by atoms with Crippen molar-refractivity contribution in [3.63, 3.8) is 0 Å². The van der Waals surface area contributed by atoms with Gasteiger partial charge in [0.05, 0.1) is 4.90 Å². The van der Waals surface area contributed by atoms with Crippen molar-refractivity contribution in [3.05, 3.63) is 47.2 Å². The van der Waals surface area contributed by atoms with Gasteiger partial charge in [-0.3, -0.25) is 0 Å². The molecule has 0 aliphatic rings. The molecule has 0 saturated heterocycles. The predicted molar refractivity (Wildman–Crippen MR) is 78.4 cm³/mol. The van der Waals surface area contributed by atoms with Crippen LogP contribution < -0.4 is 4.72 Å². The average Bonchev–Trinajstić information content (AvgIpc) is 2.38. The van der Waals surface area contributed by atoms with Crippen LogP contribution >= 0.6 is 11.6 Å². The largest absolute Gasteiger partial charge is 0.264 e. The first-order valence-electron chi connectivity index (χ1n) is 6.00. The molecule has 20 heavy (non-hydrogen) atoms. The highest BCUT2D eigenvalue weighted by molar-refractivity contribution is 7.92. The van der Waals surface area contributed by atoms with Gasteiger partial charge in [-0.15, -0.1) is 0 Å². The number of hydrogen-bond acceptors (Lipinski definition) is 4. The van der Waals surface area contributed by atoms with Gasteiger partial charge < -0.3 is 0 Å². The number of sulfonamides is 1. The molecule has 0 amide bonds. The van der Waals surface area contributed by atoms with Crippen molar-refractivity contribution in [1.82, 2.24) is 9.97 Å². The Morgan fingerprint density at radius 3 is 2.35 bits per heavy atom. The Balaban J connectivity index is 2.26. The SMILES string of the molecule is CC(C)c1ccc(S(=O)(=O)Nc2nccc(Cl)n2)cc1. The number of aromatic nitrogens is 2. The highest BCUT2D eigenvalue weighted by atomic mass is 35.5. The summed E-state index contributed by atoms with van der Waals surface area (Å²) in [6, 6.07) is 8.16. The molecule has 1 aromatic carbocycles. The molecule has 0 fully saturated rings. The van der Waals surface area contributed by atoms with Gasteiger partial charge in [-0.1, -0.05) is 37.6 Å². The van der Waals surface area contributed by atoms with E-state index in [9.17, 15) is 8.42 Å². The zero-order valence-corrected chi connectivity index (χ0v) is 12.6. The fourth-order valence-electron chi connectivity index (χ4n) is 1.60. The second-order valence-corrected chi connectivity index (χ2v) is 6.60. The second-order valence-electron chi connectivity index (χ2n) is 4.53. The summed E-state index contributed by atoms with van der Waals surface area (Å²) in [5.74, 6) is 0.293. The Labute approximate surface area is 123 Å². The van der Waals surface area contributed by atoms with Crippen LogP contribution in [0.3, 0.4) is 0 Å². The van der Waals surface area contributed by atoms with Gasteiger partial charge in [0, 0.05) is 6.20 Å². The molecule has 0 atom stereocenters. The van der Waals surface area contributed by atoms with Crippen LogP contribution in [0.5, 0.6) is 0 Å². The van der Waals surface area contributed by atoms with E-state index in [2.05, 4.69) is 14.7 Å². The average molecular weight is 312 g/mol. The number of benzene rings is 1. The van der Waals surface area contributed by atoms with E-state index in [4.69, 9.17) is 11.6 Å². The van der Waals surface area contributed by atoms with Crippen LogP contribution in [0.25, 0.3) is 0 Å². The number of nitrogens with zero attached hydrogens (tertiary/aromatic N) is 2. The van der Waals surface area contributed by atoms with Gasteiger partial charge in [0.1, 0.15) is 5.15 Å². The van der Waals surface area contributed by atoms with Crippen LogP contribution in [0, 0.1) is 0 Å². The molecule has 5 nitrogen and oxygen atoms in total. The van der Waals surface area contributed by atoms with Crippen molar-refractivity contribution in [3.8, 4) is 0 Å². The van der Waals surface area contributed by atoms with E-state index in [1.165, 1.54) is 12.3 Å². The molecular formula is C13H14ClN3O2S. The number of halogens is 1. The van der Waals surface area contributed by atoms with E-state index < -0.39 is 10.0 Å². The van der Waals surface area contributed by atoms with Crippen LogP contribution in [-0.2, 0) is 10.0 Å². The first-order chi connectivity index (χ1) is 9.38. The van der Waals surface area contributed by atoms with Crippen LogP contribution in [0.2, 0.25) is 5.15 Å². The van der Waals surface area contributed by atoms with Crippen molar-refractivity contribution in [2.75, 3.05) is 4.72 Å². The third kappa shape index (κ3) is 3.46. The van der Waals surface area contributed by atoms with Crippen LogP contribution in [0.4, 0.5) is 5.95 Å². The highest BCUT2D eigenvalue weighted by Crippen LogP contribution is 2.19. The molecule has 1 aromatic heterocycles. The Morgan fingerprint density at radius 1 is 1.15 bits per heavy atom. The van der Waals surface area contributed by atoms with Gasteiger partial charge in [-0.25, -0.2) is 23.1 Å². The number of hydrogen-bond donors (Lipinski definition) is 1. The van der Waals surface area contributed by atoms with Gasteiger partial charge in [-0.05, 0) is 29.7 Å². The predicted octanol–water partition coefficient (Wildman–Crippen LogP) is 3.05. The quantitative estimate of drug-likeness (QED) is 0.881. The summed E-state index contributed by atoms with van der Waals surface area (Å²) >= 11 is 5.69. The van der Waals surface area contributed by atoms with E-state index >= 15 is 0 Å². The molecule has 0 saturated carbocycles. The van der Waals surface area contributed by atoms with E-state index in [1.54, 1.807) is 24.3 Å². The van der Waals surface area contributed by atoms with Crippen molar-refractivity contribution < 1.29 is 8.42 Å². The summed E-state index contributed by atoms with van der Waals surface area (Å²) < 4.78 is 26.6. The lowest BCUT2D eigenvalue weighted by molar-refractivity contribution is 0.600. The molecule has 7 heteroatoms. The van der Waals surface area contributed by atoms with Gasteiger partial charge in [-0.2, -0.15) is 0 Å².